The number of carbonyl (C=O) groups is 1. The fraction of sp³-hybridized carbons (Fsp3) is 0.364. The van der Waals surface area contributed by atoms with E-state index in [0.717, 1.165) is 23.6 Å². The minimum atomic E-state index is -0.170. The molecule has 68 valence electrons. The van der Waals surface area contributed by atoms with E-state index in [1.165, 1.54) is 5.22 Å². The lowest BCUT2D eigenvalue weighted by molar-refractivity contribution is 0.0497. The van der Waals surface area contributed by atoms with Crippen molar-refractivity contribution in [3.05, 3.63) is 34.2 Å². The molecule has 0 atom stereocenters. The number of hydrogen-bond donors (Lipinski definition) is 0. The van der Waals surface area contributed by atoms with Gasteiger partial charge in [0.05, 0.1) is 12.2 Å². The normalized spacial score (nSPS) is 11.2. The first-order valence-corrected chi connectivity index (χ1v) is 4.64. The van der Waals surface area contributed by atoms with Gasteiger partial charge in [0.25, 0.3) is 0 Å². The van der Waals surface area contributed by atoms with E-state index >= 15 is 0 Å². The highest BCUT2D eigenvalue weighted by Gasteiger charge is 2.14. The molecule has 2 rings (SSSR count). The number of rotatable bonds is 4. The largest absolute Gasteiger partial charge is 0.462 e. The molecule has 2 nitrogen and oxygen atoms in total. The Morgan fingerprint density at radius 2 is 2.31 bits per heavy atom. The molecule has 0 heterocycles. The van der Waals surface area contributed by atoms with Gasteiger partial charge in [-0.25, -0.2) is 4.79 Å². The lowest BCUT2D eigenvalue weighted by Gasteiger charge is -2.10. The van der Waals surface area contributed by atoms with Gasteiger partial charge >= 0.3 is 5.97 Å². The van der Waals surface area contributed by atoms with Crippen molar-refractivity contribution in [3.8, 4) is 0 Å². The Labute approximate surface area is 76.8 Å². The zero-order chi connectivity index (χ0) is 9.26. The molecule has 2 aliphatic carbocycles. The van der Waals surface area contributed by atoms with Gasteiger partial charge in [0, 0.05) is 0 Å². The maximum Gasteiger partial charge on any atom is 0.338 e. The summed E-state index contributed by atoms with van der Waals surface area (Å²) < 4.78 is 5.06. The van der Waals surface area contributed by atoms with Crippen LogP contribution in [0.15, 0.2) is 18.2 Å². The van der Waals surface area contributed by atoms with Crippen LogP contribution in [0.25, 0.3) is 0 Å². The number of esters is 1. The van der Waals surface area contributed by atoms with Crippen LogP contribution in [-0.2, 0) is 4.74 Å². The molecule has 0 bridgehead atoms. The van der Waals surface area contributed by atoms with Gasteiger partial charge in [-0.1, -0.05) is 25.5 Å². The van der Waals surface area contributed by atoms with Crippen LogP contribution in [0.2, 0.25) is 0 Å². The van der Waals surface area contributed by atoms with E-state index in [1.54, 1.807) is 0 Å². The predicted molar refractivity (Wildman–Crippen MR) is 49.3 cm³/mol. The van der Waals surface area contributed by atoms with Crippen molar-refractivity contribution in [3.63, 3.8) is 0 Å². The molecule has 0 amide bonds. The molecular weight excluding hydrogens is 164 g/mol. The number of benzene rings is 1. The van der Waals surface area contributed by atoms with Crippen LogP contribution in [-0.4, -0.2) is 12.6 Å². The second-order valence-electron chi connectivity index (χ2n) is 3.25. The van der Waals surface area contributed by atoms with Crippen LogP contribution >= 0.6 is 0 Å². The second-order valence-corrected chi connectivity index (χ2v) is 3.25. The minimum Gasteiger partial charge on any atom is -0.462 e. The number of ether oxygens (including phenoxy) is 1. The summed E-state index contributed by atoms with van der Waals surface area (Å²) in [6, 6.07) is 5.83. The molecule has 0 N–H and O–H groups in total. The third-order valence-electron chi connectivity index (χ3n) is 2.28. The van der Waals surface area contributed by atoms with E-state index in [1.807, 2.05) is 18.2 Å². The summed E-state index contributed by atoms with van der Waals surface area (Å²) >= 11 is 0. The Balaban J connectivity index is 1.90. The van der Waals surface area contributed by atoms with E-state index in [4.69, 9.17) is 4.74 Å². The van der Waals surface area contributed by atoms with Crippen LogP contribution in [0.3, 0.4) is 0 Å². The van der Waals surface area contributed by atoms with Crippen molar-refractivity contribution < 1.29 is 9.53 Å². The average molecular weight is 176 g/mol. The average Bonchev–Trinajstić information content (AvgIpc) is 2.10. The Bertz CT molecular complexity index is 420. The molecule has 13 heavy (non-hydrogen) atoms. The van der Waals surface area contributed by atoms with Gasteiger partial charge in [0.1, 0.15) is 0 Å². The number of carbonyl (C=O) groups excluding carboxylic acids is 1. The summed E-state index contributed by atoms with van der Waals surface area (Å²) in [5.74, 6) is -0.170. The Morgan fingerprint density at radius 1 is 1.46 bits per heavy atom. The van der Waals surface area contributed by atoms with Crippen LogP contribution < -0.4 is 0 Å². The molecule has 2 aliphatic rings. The third-order valence-corrected chi connectivity index (χ3v) is 2.28. The number of unbranched alkanes of at least 4 members (excludes halogenated alkanes) is 1. The van der Waals surface area contributed by atoms with E-state index in [9.17, 15) is 4.79 Å². The fourth-order valence-electron chi connectivity index (χ4n) is 1.35. The Morgan fingerprint density at radius 3 is 2.77 bits per heavy atom. The summed E-state index contributed by atoms with van der Waals surface area (Å²) in [4.78, 5) is 11.3. The molecule has 0 spiro atoms. The van der Waals surface area contributed by atoms with Crippen LogP contribution in [0.1, 0.15) is 30.1 Å². The van der Waals surface area contributed by atoms with Gasteiger partial charge in [-0.2, -0.15) is 0 Å². The summed E-state index contributed by atoms with van der Waals surface area (Å²) in [5.41, 5.74) is 0.744. The Kier molecular flexibility index (Phi) is 2.05. The van der Waals surface area contributed by atoms with Gasteiger partial charge in [-0.05, 0) is 22.9 Å². The first kappa shape index (κ1) is 8.30. The molecule has 0 radical (unpaired) electrons. The molecule has 0 aromatic carbocycles. The van der Waals surface area contributed by atoms with Gasteiger partial charge in [0.2, 0.25) is 0 Å². The maximum atomic E-state index is 11.3. The molecular formula is C11H12O2. The summed E-state index contributed by atoms with van der Waals surface area (Å²) in [7, 11) is 0. The molecule has 0 unspecified atom stereocenters. The van der Waals surface area contributed by atoms with Crippen molar-refractivity contribution in [1.82, 2.24) is 0 Å². The molecule has 2 heteroatoms. The van der Waals surface area contributed by atoms with Crippen LogP contribution in [0.5, 0.6) is 0 Å². The molecule has 0 aromatic heterocycles. The van der Waals surface area contributed by atoms with E-state index < -0.39 is 0 Å². The zero-order valence-corrected chi connectivity index (χ0v) is 7.67. The van der Waals surface area contributed by atoms with E-state index in [0.29, 0.717) is 6.61 Å². The standard InChI is InChI=1S/C11H12O2/c1-2-3-6-13-11(12)10-7-8-4-5-9(8)10/h4-5,7H,2-3,6H2,1H3. The summed E-state index contributed by atoms with van der Waals surface area (Å²) in [6.07, 6.45) is 2.00. The SMILES string of the molecule is CCCCOC(=O)c1cc2ccc1=2. The highest BCUT2D eigenvalue weighted by molar-refractivity contribution is 5.91. The minimum absolute atomic E-state index is 0.170. The van der Waals surface area contributed by atoms with Crippen LogP contribution in [0.4, 0.5) is 0 Å². The highest BCUT2D eigenvalue weighted by atomic mass is 16.5. The lowest BCUT2D eigenvalue weighted by atomic mass is 9.99. The van der Waals surface area contributed by atoms with Crippen molar-refractivity contribution in [2.24, 2.45) is 0 Å². The van der Waals surface area contributed by atoms with Gasteiger partial charge in [-0.3, -0.25) is 0 Å². The van der Waals surface area contributed by atoms with Crippen molar-refractivity contribution in [2.75, 3.05) is 6.61 Å². The lowest BCUT2D eigenvalue weighted by Crippen LogP contribution is -2.11. The van der Waals surface area contributed by atoms with Crippen molar-refractivity contribution in [2.45, 2.75) is 19.8 Å². The van der Waals surface area contributed by atoms with E-state index in [2.05, 4.69) is 6.92 Å². The smallest absolute Gasteiger partial charge is 0.338 e. The topological polar surface area (TPSA) is 26.3 Å². The summed E-state index contributed by atoms with van der Waals surface area (Å²) in [5, 5.41) is 2.25. The highest BCUT2D eigenvalue weighted by Crippen LogP contribution is 2.16. The van der Waals surface area contributed by atoms with Gasteiger partial charge in [-0.15, -0.1) is 0 Å². The zero-order valence-electron chi connectivity index (χ0n) is 7.67. The van der Waals surface area contributed by atoms with Crippen molar-refractivity contribution >= 4 is 5.97 Å². The first-order valence-electron chi connectivity index (χ1n) is 4.64. The van der Waals surface area contributed by atoms with Crippen LogP contribution in [0, 0.1) is 10.4 Å². The molecule has 0 aromatic rings. The Hall–Kier alpha value is -1.31. The first-order chi connectivity index (χ1) is 6.33. The van der Waals surface area contributed by atoms with Crippen molar-refractivity contribution in [1.29, 1.82) is 0 Å². The third kappa shape index (κ3) is 1.32. The van der Waals surface area contributed by atoms with E-state index in [-0.39, 0.29) is 5.97 Å². The van der Waals surface area contributed by atoms with Gasteiger partial charge < -0.3 is 4.74 Å². The maximum absolute atomic E-state index is 11.3. The predicted octanol–water partition coefficient (Wildman–Crippen LogP) is 2.24. The monoisotopic (exact) mass is 176 g/mol. The fourth-order valence-corrected chi connectivity index (χ4v) is 1.35. The molecule has 0 saturated heterocycles. The molecule has 0 aliphatic heterocycles. The molecule has 0 fully saturated rings. The summed E-state index contributed by atoms with van der Waals surface area (Å²) in [6.45, 7) is 2.62. The quantitative estimate of drug-likeness (QED) is 0.527. The second kappa shape index (κ2) is 3.21. The van der Waals surface area contributed by atoms with Gasteiger partial charge in [0.15, 0.2) is 0 Å². The molecule has 0 saturated carbocycles. The number of hydrogen-bond acceptors (Lipinski definition) is 2.